The molecular weight excluding hydrogens is 289 g/mol. The summed E-state index contributed by atoms with van der Waals surface area (Å²) >= 11 is 0. The third-order valence-electron chi connectivity index (χ3n) is 2.50. The van der Waals surface area contributed by atoms with Gasteiger partial charge in [0.25, 0.3) is 0 Å². The van der Waals surface area contributed by atoms with Gasteiger partial charge in [-0.15, -0.1) is 0 Å². The fourth-order valence-electron chi connectivity index (χ4n) is 1.45. The van der Waals surface area contributed by atoms with Gasteiger partial charge in [-0.3, -0.25) is 4.79 Å². The van der Waals surface area contributed by atoms with Gasteiger partial charge in [0.15, 0.2) is 18.1 Å². The number of hydrogen-bond acceptors (Lipinski definition) is 4. The molecule has 0 heterocycles. The Balaban J connectivity index is 2.72. The molecule has 1 atom stereocenters. The number of halogens is 3. The van der Waals surface area contributed by atoms with Crippen molar-refractivity contribution >= 4 is 5.91 Å². The predicted octanol–water partition coefficient (Wildman–Crippen LogP) is 1.60. The molecule has 0 aromatic heterocycles. The van der Waals surface area contributed by atoms with E-state index in [1.54, 1.807) is 6.92 Å². The van der Waals surface area contributed by atoms with E-state index >= 15 is 0 Å². The van der Waals surface area contributed by atoms with Crippen molar-refractivity contribution in [2.45, 2.75) is 25.7 Å². The lowest BCUT2D eigenvalue weighted by molar-refractivity contribution is -0.153. The average molecular weight is 306 g/mol. The molecule has 0 saturated carbocycles. The van der Waals surface area contributed by atoms with Gasteiger partial charge in [-0.2, -0.15) is 13.2 Å². The molecule has 0 bridgehead atoms. The monoisotopic (exact) mass is 306 g/mol. The summed E-state index contributed by atoms with van der Waals surface area (Å²) in [6, 6.07) is 3.75. The van der Waals surface area contributed by atoms with Gasteiger partial charge in [0.05, 0.1) is 13.2 Å². The van der Waals surface area contributed by atoms with E-state index in [0.717, 1.165) is 0 Å². The molecule has 0 saturated heterocycles. The highest BCUT2D eigenvalue weighted by Gasteiger charge is 2.29. The van der Waals surface area contributed by atoms with E-state index in [-0.39, 0.29) is 24.0 Å². The molecule has 0 radical (unpaired) electrons. The molecule has 3 N–H and O–H groups in total. The SMILES string of the molecule is COc1cc(CNC(=O)[C@H](C)N)ccc1OCC(F)(F)F. The van der Waals surface area contributed by atoms with Gasteiger partial charge in [0.2, 0.25) is 5.91 Å². The van der Waals surface area contributed by atoms with Crippen LogP contribution in [0, 0.1) is 0 Å². The summed E-state index contributed by atoms with van der Waals surface area (Å²) < 4.78 is 46.0. The average Bonchev–Trinajstić information content (AvgIpc) is 2.41. The van der Waals surface area contributed by atoms with Crippen LogP contribution in [0.5, 0.6) is 11.5 Å². The van der Waals surface area contributed by atoms with E-state index < -0.39 is 18.8 Å². The van der Waals surface area contributed by atoms with Crippen molar-refractivity contribution in [2.24, 2.45) is 5.73 Å². The Kier molecular flexibility index (Phi) is 5.83. The molecular formula is C13H17F3N2O3. The summed E-state index contributed by atoms with van der Waals surface area (Å²) in [6.07, 6.45) is -4.42. The number of alkyl halides is 3. The van der Waals surface area contributed by atoms with E-state index in [0.29, 0.717) is 5.56 Å². The van der Waals surface area contributed by atoms with Crippen LogP contribution in [0.3, 0.4) is 0 Å². The van der Waals surface area contributed by atoms with E-state index in [1.807, 2.05) is 0 Å². The maximum atomic E-state index is 12.1. The van der Waals surface area contributed by atoms with Crippen molar-refractivity contribution in [1.29, 1.82) is 0 Å². The third-order valence-corrected chi connectivity index (χ3v) is 2.50. The molecule has 21 heavy (non-hydrogen) atoms. The maximum Gasteiger partial charge on any atom is 0.422 e. The lowest BCUT2D eigenvalue weighted by Gasteiger charge is -2.14. The van der Waals surface area contributed by atoms with Crippen LogP contribution in [-0.2, 0) is 11.3 Å². The minimum Gasteiger partial charge on any atom is -0.493 e. The summed E-state index contributed by atoms with van der Waals surface area (Å²) in [4.78, 5) is 11.3. The highest BCUT2D eigenvalue weighted by Crippen LogP contribution is 2.29. The van der Waals surface area contributed by atoms with Gasteiger partial charge in [0.1, 0.15) is 0 Å². The number of carbonyl (C=O) groups is 1. The lowest BCUT2D eigenvalue weighted by atomic mass is 10.2. The number of amides is 1. The number of hydrogen-bond donors (Lipinski definition) is 2. The molecule has 5 nitrogen and oxygen atoms in total. The molecule has 0 aliphatic carbocycles. The molecule has 1 rings (SSSR count). The Labute approximate surface area is 120 Å². The van der Waals surface area contributed by atoms with Crippen LogP contribution in [0.25, 0.3) is 0 Å². The largest absolute Gasteiger partial charge is 0.493 e. The van der Waals surface area contributed by atoms with Crippen LogP contribution in [-0.4, -0.2) is 31.8 Å². The van der Waals surface area contributed by atoms with Crippen molar-refractivity contribution in [2.75, 3.05) is 13.7 Å². The van der Waals surface area contributed by atoms with Crippen LogP contribution in [0.4, 0.5) is 13.2 Å². The van der Waals surface area contributed by atoms with Crippen molar-refractivity contribution in [3.63, 3.8) is 0 Å². The zero-order chi connectivity index (χ0) is 16.0. The quantitative estimate of drug-likeness (QED) is 0.837. The number of ether oxygens (including phenoxy) is 2. The van der Waals surface area contributed by atoms with Crippen LogP contribution in [0.1, 0.15) is 12.5 Å². The molecule has 0 aliphatic heterocycles. The molecule has 0 unspecified atom stereocenters. The lowest BCUT2D eigenvalue weighted by Crippen LogP contribution is -2.37. The molecule has 1 amide bonds. The molecule has 0 fully saturated rings. The van der Waals surface area contributed by atoms with Gasteiger partial charge < -0.3 is 20.5 Å². The summed E-state index contributed by atoms with van der Waals surface area (Å²) in [5, 5.41) is 2.59. The number of nitrogens with two attached hydrogens (primary N) is 1. The second kappa shape index (κ2) is 7.16. The minimum atomic E-state index is -4.42. The summed E-state index contributed by atoms with van der Waals surface area (Å²) in [5.41, 5.74) is 6.05. The first-order chi connectivity index (χ1) is 9.73. The standard InChI is InChI=1S/C13H17F3N2O3/c1-8(17)12(19)18-6-9-3-4-10(11(5-9)20-2)21-7-13(14,15)16/h3-5,8H,6-7,17H2,1-2H3,(H,18,19)/t8-/m0/s1. The topological polar surface area (TPSA) is 73.6 Å². The first kappa shape index (κ1) is 17.1. The third kappa shape index (κ3) is 5.90. The minimum absolute atomic E-state index is 0.0166. The van der Waals surface area contributed by atoms with Crippen LogP contribution >= 0.6 is 0 Å². The molecule has 0 spiro atoms. The van der Waals surface area contributed by atoms with Crippen molar-refractivity contribution in [3.05, 3.63) is 23.8 Å². The molecule has 1 aromatic rings. The second-order valence-electron chi connectivity index (χ2n) is 4.40. The fourth-order valence-corrected chi connectivity index (χ4v) is 1.45. The molecule has 1 aromatic carbocycles. The van der Waals surface area contributed by atoms with Crippen molar-refractivity contribution in [3.8, 4) is 11.5 Å². The number of benzene rings is 1. The predicted molar refractivity (Wildman–Crippen MR) is 70.0 cm³/mol. The Morgan fingerprint density at radius 2 is 2.05 bits per heavy atom. The Morgan fingerprint density at radius 1 is 1.38 bits per heavy atom. The van der Waals surface area contributed by atoms with Gasteiger partial charge in [0, 0.05) is 6.54 Å². The second-order valence-corrected chi connectivity index (χ2v) is 4.40. The maximum absolute atomic E-state index is 12.1. The number of carbonyl (C=O) groups excluding carboxylic acids is 1. The van der Waals surface area contributed by atoms with Crippen molar-refractivity contribution in [1.82, 2.24) is 5.32 Å². The van der Waals surface area contributed by atoms with E-state index in [9.17, 15) is 18.0 Å². The molecule has 0 aliphatic rings. The Hall–Kier alpha value is -1.96. The number of rotatable bonds is 6. The number of methoxy groups -OCH3 is 1. The van der Waals surface area contributed by atoms with Crippen molar-refractivity contribution < 1.29 is 27.4 Å². The first-order valence-corrected chi connectivity index (χ1v) is 6.12. The smallest absolute Gasteiger partial charge is 0.422 e. The molecule has 8 heteroatoms. The fraction of sp³-hybridized carbons (Fsp3) is 0.462. The van der Waals surface area contributed by atoms with Gasteiger partial charge in [-0.05, 0) is 24.6 Å². The van der Waals surface area contributed by atoms with Gasteiger partial charge in [-0.1, -0.05) is 6.07 Å². The number of nitrogens with one attached hydrogen (secondary N) is 1. The highest BCUT2D eigenvalue weighted by atomic mass is 19.4. The summed E-state index contributed by atoms with van der Waals surface area (Å²) in [5.74, 6) is -0.185. The van der Waals surface area contributed by atoms with E-state index in [2.05, 4.69) is 10.1 Å². The zero-order valence-electron chi connectivity index (χ0n) is 11.7. The van der Waals surface area contributed by atoms with E-state index in [1.165, 1.54) is 25.3 Å². The Bertz CT molecular complexity index is 490. The normalized spacial score (nSPS) is 12.7. The van der Waals surface area contributed by atoms with Gasteiger partial charge >= 0.3 is 6.18 Å². The van der Waals surface area contributed by atoms with Crippen LogP contribution < -0.4 is 20.5 Å². The summed E-state index contributed by atoms with van der Waals surface area (Å²) in [7, 11) is 1.32. The first-order valence-electron chi connectivity index (χ1n) is 6.12. The van der Waals surface area contributed by atoms with E-state index in [4.69, 9.17) is 10.5 Å². The van der Waals surface area contributed by atoms with Crippen LogP contribution in [0.15, 0.2) is 18.2 Å². The summed E-state index contributed by atoms with van der Waals surface area (Å²) in [6.45, 7) is 0.338. The molecule has 118 valence electrons. The van der Waals surface area contributed by atoms with Crippen LogP contribution in [0.2, 0.25) is 0 Å². The van der Waals surface area contributed by atoms with Gasteiger partial charge in [-0.25, -0.2) is 0 Å². The zero-order valence-corrected chi connectivity index (χ0v) is 11.7. The highest BCUT2D eigenvalue weighted by molar-refractivity contribution is 5.80. The Morgan fingerprint density at radius 3 is 2.57 bits per heavy atom.